The highest BCUT2D eigenvalue weighted by Crippen LogP contribution is 2.29. The number of alkyl halides is 3. The zero-order valence-corrected chi connectivity index (χ0v) is 12.6. The van der Waals surface area contributed by atoms with E-state index in [1.807, 2.05) is 0 Å². The maximum atomic E-state index is 12.5. The Bertz CT molecular complexity index is 583. The van der Waals surface area contributed by atoms with Crippen LogP contribution in [-0.2, 0) is 22.2 Å². The van der Waals surface area contributed by atoms with Crippen LogP contribution in [0.25, 0.3) is 0 Å². The average Bonchev–Trinajstić information content (AvgIpc) is 2.96. The number of carbonyl (C=O) groups is 2. The summed E-state index contributed by atoms with van der Waals surface area (Å²) < 4.78 is 37.5. The topological polar surface area (TPSA) is 57.6 Å². The Morgan fingerprint density at radius 2 is 1.91 bits per heavy atom. The van der Waals surface area contributed by atoms with Crippen LogP contribution < -0.4 is 0 Å². The first kappa shape index (κ1) is 17.3. The minimum Gasteiger partial charge on any atom is -0.481 e. The number of hydrogen-bond acceptors (Lipinski definition) is 2. The molecule has 0 aliphatic carbocycles. The van der Waals surface area contributed by atoms with Crippen molar-refractivity contribution in [2.75, 3.05) is 13.1 Å². The Balaban J connectivity index is 1.95. The van der Waals surface area contributed by atoms with E-state index in [4.69, 9.17) is 5.11 Å². The molecule has 0 saturated carbocycles. The zero-order valence-electron chi connectivity index (χ0n) is 12.6. The van der Waals surface area contributed by atoms with Gasteiger partial charge in [0.25, 0.3) is 0 Å². The van der Waals surface area contributed by atoms with Crippen molar-refractivity contribution in [3.8, 4) is 0 Å². The fourth-order valence-corrected chi connectivity index (χ4v) is 2.74. The quantitative estimate of drug-likeness (QED) is 0.924. The minimum atomic E-state index is -4.37. The number of aliphatic carboxylic acids is 1. The molecule has 1 aliphatic rings. The molecule has 1 aliphatic heterocycles. The number of rotatable bonds is 4. The van der Waals surface area contributed by atoms with E-state index < -0.39 is 29.5 Å². The van der Waals surface area contributed by atoms with Crippen LogP contribution in [-0.4, -0.2) is 35.0 Å². The lowest BCUT2D eigenvalue weighted by molar-refractivity contribution is -0.142. The van der Waals surface area contributed by atoms with Crippen LogP contribution in [0.2, 0.25) is 0 Å². The van der Waals surface area contributed by atoms with E-state index in [9.17, 15) is 22.8 Å². The van der Waals surface area contributed by atoms with Gasteiger partial charge >= 0.3 is 12.1 Å². The molecule has 0 bridgehead atoms. The molecule has 1 saturated heterocycles. The van der Waals surface area contributed by atoms with Crippen LogP contribution in [0.15, 0.2) is 24.3 Å². The summed E-state index contributed by atoms with van der Waals surface area (Å²) in [4.78, 5) is 24.7. The number of halogens is 3. The van der Waals surface area contributed by atoms with Gasteiger partial charge in [-0.25, -0.2) is 0 Å². The molecule has 7 heteroatoms. The van der Waals surface area contributed by atoms with Crippen LogP contribution >= 0.6 is 0 Å². The third-order valence-electron chi connectivity index (χ3n) is 4.09. The summed E-state index contributed by atoms with van der Waals surface area (Å²) in [6.07, 6.45) is -3.61. The van der Waals surface area contributed by atoms with E-state index >= 15 is 0 Å². The summed E-state index contributed by atoms with van der Waals surface area (Å²) in [6, 6.07) is 4.75. The van der Waals surface area contributed by atoms with Gasteiger partial charge in [-0.2, -0.15) is 13.2 Å². The van der Waals surface area contributed by atoms with E-state index in [-0.39, 0.29) is 12.5 Å². The average molecular weight is 329 g/mol. The first-order valence-electron chi connectivity index (χ1n) is 7.36. The van der Waals surface area contributed by atoms with Crippen molar-refractivity contribution in [1.29, 1.82) is 0 Å². The molecule has 2 atom stereocenters. The number of likely N-dealkylation sites (tertiary alicyclic amines) is 1. The summed E-state index contributed by atoms with van der Waals surface area (Å²) >= 11 is 0. The molecule has 1 fully saturated rings. The van der Waals surface area contributed by atoms with Crippen LogP contribution in [0.5, 0.6) is 0 Å². The lowest BCUT2D eigenvalue weighted by Gasteiger charge is -2.21. The molecule has 1 heterocycles. The molecular weight excluding hydrogens is 311 g/mol. The lowest BCUT2D eigenvalue weighted by Crippen LogP contribution is -2.34. The molecule has 23 heavy (non-hydrogen) atoms. The van der Waals surface area contributed by atoms with Gasteiger partial charge in [-0.05, 0) is 30.5 Å². The molecule has 0 aromatic heterocycles. The Labute approximate surface area is 131 Å². The fraction of sp³-hybridized carbons (Fsp3) is 0.500. The SMILES string of the molecule is CC(Cc1ccc(C(F)(F)F)cc1)C(=O)N1CCC(C(=O)O)C1. The molecule has 1 aromatic carbocycles. The highest BCUT2D eigenvalue weighted by molar-refractivity contribution is 5.80. The molecule has 1 aromatic rings. The normalized spacial score (nSPS) is 19.7. The first-order chi connectivity index (χ1) is 10.7. The third kappa shape index (κ3) is 4.24. The Morgan fingerprint density at radius 3 is 2.39 bits per heavy atom. The molecule has 126 valence electrons. The molecule has 0 radical (unpaired) electrons. The van der Waals surface area contributed by atoms with Gasteiger partial charge in [-0.3, -0.25) is 9.59 Å². The number of carboxylic acids is 1. The van der Waals surface area contributed by atoms with Gasteiger partial charge in [0.2, 0.25) is 5.91 Å². The summed E-state index contributed by atoms with van der Waals surface area (Å²) in [6.45, 7) is 2.31. The fourth-order valence-electron chi connectivity index (χ4n) is 2.74. The Morgan fingerprint density at radius 1 is 1.30 bits per heavy atom. The van der Waals surface area contributed by atoms with Crippen LogP contribution in [0, 0.1) is 11.8 Å². The number of amides is 1. The second-order valence-electron chi connectivity index (χ2n) is 5.91. The predicted octanol–water partition coefficient (Wildman–Crippen LogP) is 2.82. The zero-order chi connectivity index (χ0) is 17.2. The van der Waals surface area contributed by atoms with Gasteiger partial charge in [0.15, 0.2) is 0 Å². The van der Waals surface area contributed by atoms with Gasteiger partial charge in [0, 0.05) is 19.0 Å². The van der Waals surface area contributed by atoms with Crippen LogP contribution in [0.3, 0.4) is 0 Å². The molecular formula is C16H18F3NO3. The second-order valence-corrected chi connectivity index (χ2v) is 5.91. The largest absolute Gasteiger partial charge is 0.481 e. The molecule has 4 nitrogen and oxygen atoms in total. The maximum absolute atomic E-state index is 12.5. The van der Waals surface area contributed by atoms with E-state index in [1.165, 1.54) is 17.0 Å². The van der Waals surface area contributed by atoms with Crippen molar-refractivity contribution in [2.45, 2.75) is 25.9 Å². The number of carbonyl (C=O) groups excluding carboxylic acids is 1. The van der Waals surface area contributed by atoms with E-state index in [1.54, 1.807) is 6.92 Å². The summed E-state index contributed by atoms with van der Waals surface area (Å²) in [7, 11) is 0. The number of nitrogens with zero attached hydrogens (tertiary/aromatic N) is 1. The number of carboxylic acid groups (broad SMARTS) is 1. The molecule has 1 N–H and O–H groups in total. The predicted molar refractivity (Wildman–Crippen MR) is 76.6 cm³/mol. The van der Waals surface area contributed by atoms with Gasteiger partial charge in [-0.1, -0.05) is 19.1 Å². The van der Waals surface area contributed by atoms with Gasteiger partial charge in [0.1, 0.15) is 0 Å². The van der Waals surface area contributed by atoms with Crippen molar-refractivity contribution in [2.24, 2.45) is 11.8 Å². The van der Waals surface area contributed by atoms with Crippen molar-refractivity contribution in [1.82, 2.24) is 4.90 Å². The third-order valence-corrected chi connectivity index (χ3v) is 4.09. The highest BCUT2D eigenvalue weighted by Gasteiger charge is 2.33. The molecule has 0 spiro atoms. The molecule has 2 rings (SSSR count). The van der Waals surface area contributed by atoms with E-state index in [0.29, 0.717) is 24.9 Å². The summed E-state index contributed by atoms with van der Waals surface area (Å²) in [5, 5.41) is 8.95. The van der Waals surface area contributed by atoms with E-state index in [0.717, 1.165) is 12.1 Å². The minimum absolute atomic E-state index is 0.159. The van der Waals surface area contributed by atoms with Crippen molar-refractivity contribution >= 4 is 11.9 Å². The highest BCUT2D eigenvalue weighted by atomic mass is 19.4. The maximum Gasteiger partial charge on any atom is 0.416 e. The van der Waals surface area contributed by atoms with Gasteiger partial charge in [0.05, 0.1) is 11.5 Å². The van der Waals surface area contributed by atoms with Crippen LogP contribution in [0.4, 0.5) is 13.2 Å². The molecule has 2 unspecified atom stereocenters. The monoisotopic (exact) mass is 329 g/mol. The first-order valence-corrected chi connectivity index (χ1v) is 7.36. The van der Waals surface area contributed by atoms with Crippen molar-refractivity contribution < 1.29 is 27.9 Å². The summed E-state index contributed by atoms with van der Waals surface area (Å²) in [5.41, 5.74) is -0.0723. The Kier molecular flexibility index (Phi) is 4.97. The summed E-state index contributed by atoms with van der Waals surface area (Å²) in [5.74, 6) is -2.00. The van der Waals surface area contributed by atoms with Gasteiger partial charge < -0.3 is 10.0 Å². The van der Waals surface area contributed by atoms with Gasteiger partial charge in [-0.15, -0.1) is 0 Å². The second kappa shape index (κ2) is 6.60. The lowest BCUT2D eigenvalue weighted by atomic mass is 9.99. The Hall–Kier alpha value is -2.05. The standard InChI is InChI=1S/C16H18F3NO3/c1-10(14(21)20-7-6-12(9-20)15(22)23)8-11-2-4-13(5-3-11)16(17,18)19/h2-5,10,12H,6-9H2,1H3,(H,22,23). The number of benzene rings is 1. The smallest absolute Gasteiger partial charge is 0.416 e. The van der Waals surface area contributed by atoms with Crippen molar-refractivity contribution in [3.05, 3.63) is 35.4 Å². The van der Waals surface area contributed by atoms with E-state index in [2.05, 4.69) is 0 Å². The van der Waals surface area contributed by atoms with Crippen LogP contribution in [0.1, 0.15) is 24.5 Å². The number of hydrogen-bond donors (Lipinski definition) is 1. The molecule has 1 amide bonds. The van der Waals surface area contributed by atoms with Crippen molar-refractivity contribution in [3.63, 3.8) is 0 Å².